The van der Waals surface area contributed by atoms with Crippen LogP contribution in [0.25, 0.3) is 5.82 Å². The van der Waals surface area contributed by atoms with Gasteiger partial charge in [0.05, 0.1) is 17.7 Å². The van der Waals surface area contributed by atoms with Crippen LogP contribution in [0.3, 0.4) is 0 Å². The normalized spacial score (nSPS) is 17.2. The first kappa shape index (κ1) is 29.5. The predicted octanol–water partition coefficient (Wildman–Crippen LogP) is 3.52. The number of hydrogen-bond donors (Lipinski definition) is 3. The van der Waals surface area contributed by atoms with E-state index in [9.17, 15) is 18.0 Å². The number of alkyl halides is 3. The number of hydrogen-bond acceptors (Lipinski definition) is 9. The van der Waals surface area contributed by atoms with Crippen molar-refractivity contribution in [2.45, 2.75) is 31.5 Å². The third-order valence-electron chi connectivity index (χ3n) is 6.72. The zero-order valence-corrected chi connectivity index (χ0v) is 23.2. The van der Waals surface area contributed by atoms with E-state index in [0.29, 0.717) is 30.2 Å². The lowest BCUT2D eigenvalue weighted by atomic mass is 9.74. The SMILES string of the molecule is CNc1cc(-n2ncnc2NC2(c3cc(OCCCN(C)C)cc(C(F)(F)F)c3)CC(C(N)=O)=CC=C2C)ncn1. The summed E-state index contributed by atoms with van der Waals surface area (Å²) in [6.07, 6.45) is 1.76. The minimum absolute atomic E-state index is 0.0497. The molecule has 41 heavy (non-hydrogen) atoms. The number of carbonyl (C=O) groups is 1. The summed E-state index contributed by atoms with van der Waals surface area (Å²) in [5.41, 5.74) is 4.43. The van der Waals surface area contributed by atoms with Crippen LogP contribution >= 0.6 is 0 Å². The van der Waals surface area contributed by atoms with Crippen molar-refractivity contribution >= 4 is 17.7 Å². The van der Waals surface area contributed by atoms with E-state index in [4.69, 9.17) is 10.5 Å². The Hall–Kier alpha value is -4.46. The van der Waals surface area contributed by atoms with Crippen LogP contribution in [0.1, 0.15) is 30.9 Å². The van der Waals surface area contributed by atoms with Gasteiger partial charge < -0.3 is 26.0 Å². The summed E-state index contributed by atoms with van der Waals surface area (Å²) in [7, 11) is 5.50. The highest BCUT2D eigenvalue weighted by atomic mass is 19.4. The molecular weight excluding hydrogens is 539 g/mol. The molecule has 11 nitrogen and oxygen atoms in total. The average Bonchev–Trinajstić information content (AvgIpc) is 3.39. The van der Waals surface area contributed by atoms with E-state index in [2.05, 4.69) is 30.7 Å². The fraction of sp³-hybridized carbons (Fsp3) is 0.370. The molecule has 2 heterocycles. The zero-order valence-electron chi connectivity index (χ0n) is 23.2. The number of ether oxygens (including phenoxy) is 1. The second kappa shape index (κ2) is 12.0. The third kappa shape index (κ3) is 6.65. The Morgan fingerprint density at radius 1 is 1.15 bits per heavy atom. The van der Waals surface area contributed by atoms with Gasteiger partial charge in [-0.3, -0.25) is 4.79 Å². The smallest absolute Gasteiger partial charge is 0.416 e. The summed E-state index contributed by atoms with van der Waals surface area (Å²) >= 11 is 0. The van der Waals surface area contributed by atoms with E-state index in [1.807, 2.05) is 19.0 Å². The number of nitrogens with two attached hydrogens (primary N) is 1. The molecule has 0 fully saturated rings. The Morgan fingerprint density at radius 3 is 2.61 bits per heavy atom. The molecule has 0 aliphatic heterocycles. The van der Waals surface area contributed by atoms with Gasteiger partial charge in [0.15, 0.2) is 5.82 Å². The fourth-order valence-electron chi connectivity index (χ4n) is 4.51. The number of amides is 1. The summed E-state index contributed by atoms with van der Waals surface area (Å²) in [6, 6.07) is 5.20. The van der Waals surface area contributed by atoms with Gasteiger partial charge in [-0.1, -0.05) is 12.2 Å². The number of allylic oxidation sites excluding steroid dienone is 2. The number of benzene rings is 1. The fourth-order valence-corrected chi connectivity index (χ4v) is 4.51. The molecule has 0 spiro atoms. The number of nitrogens with zero attached hydrogens (tertiary/aromatic N) is 6. The summed E-state index contributed by atoms with van der Waals surface area (Å²) in [4.78, 5) is 26.9. The Morgan fingerprint density at radius 2 is 1.93 bits per heavy atom. The van der Waals surface area contributed by atoms with Crippen LogP contribution in [0.5, 0.6) is 5.75 Å². The van der Waals surface area contributed by atoms with Crippen LogP contribution in [-0.2, 0) is 16.5 Å². The van der Waals surface area contributed by atoms with Crippen molar-refractivity contribution in [3.05, 3.63) is 71.3 Å². The first-order valence-corrected chi connectivity index (χ1v) is 12.8. The molecule has 0 radical (unpaired) electrons. The van der Waals surface area contributed by atoms with Gasteiger partial charge in [0, 0.05) is 31.7 Å². The van der Waals surface area contributed by atoms with Gasteiger partial charge in [-0.25, -0.2) is 9.97 Å². The molecule has 4 rings (SSSR count). The maximum atomic E-state index is 14.1. The van der Waals surface area contributed by atoms with Crippen LogP contribution in [0.2, 0.25) is 0 Å². The van der Waals surface area contributed by atoms with Crippen molar-refractivity contribution in [1.29, 1.82) is 0 Å². The Labute approximate surface area is 235 Å². The van der Waals surface area contributed by atoms with Gasteiger partial charge >= 0.3 is 6.18 Å². The summed E-state index contributed by atoms with van der Waals surface area (Å²) in [5, 5.41) is 10.5. The summed E-state index contributed by atoms with van der Waals surface area (Å²) in [5.74, 6) is 0.413. The maximum absolute atomic E-state index is 14.1. The van der Waals surface area contributed by atoms with E-state index < -0.39 is 23.2 Å². The van der Waals surface area contributed by atoms with Gasteiger partial charge in [-0.15, -0.1) is 0 Å². The summed E-state index contributed by atoms with van der Waals surface area (Å²) in [6.45, 7) is 2.68. The monoisotopic (exact) mass is 571 g/mol. The summed E-state index contributed by atoms with van der Waals surface area (Å²) < 4.78 is 49.6. The van der Waals surface area contributed by atoms with Gasteiger partial charge in [0.25, 0.3) is 0 Å². The molecule has 1 amide bonds. The highest BCUT2D eigenvalue weighted by Crippen LogP contribution is 2.44. The highest BCUT2D eigenvalue weighted by Gasteiger charge is 2.42. The molecule has 1 atom stereocenters. The van der Waals surface area contributed by atoms with Crippen molar-refractivity contribution in [2.75, 3.05) is 44.9 Å². The van der Waals surface area contributed by atoms with Crippen LogP contribution in [0, 0.1) is 0 Å². The van der Waals surface area contributed by atoms with Gasteiger partial charge in [0.1, 0.15) is 24.2 Å². The molecule has 1 aliphatic rings. The quantitative estimate of drug-likeness (QED) is 0.295. The van der Waals surface area contributed by atoms with Crippen molar-refractivity contribution in [3.63, 3.8) is 0 Å². The van der Waals surface area contributed by atoms with Crippen LogP contribution in [-0.4, -0.2) is 69.8 Å². The molecule has 2 aromatic heterocycles. The Balaban J connectivity index is 1.84. The molecule has 0 saturated carbocycles. The molecular formula is C27H32F3N9O2. The molecule has 218 valence electrons. The van der Waals surface area contributed by atoms with Crippen molar-refractivity contribution in [2.24, 2.45) is 5.73 Å². The largest absolute Gasteiger partial charge is 0.494 e. The standard InChI is InChI=1S/C27H32F3N9O2/c1-17-6-7-18(24(31)40)14-26(17,37-25-35-16-36-39(25)23-13-22(32-2)33-15-34-23)19-10-20(27(28,29)30)12-21(11-19)41-9-5-8-38(3)4/h6-7,10-13,15-16H,5,8-9,14H2,1-4H3,(H2,31,40)(H,32,33,34)(H,35,36,37). The molecule has 4 N–H and O–H groups in total. The molecule has 1 unspecified atom stereocenters. The molecule has 14 heteroatoms. The number of rotatable bonds is 11. The third-order valence-corrected chi connectivity index (χ3v) is 6.72. The molecule has 0 saturated heterocycles. The van der Waals surface area contributed by atoms with Gasteiger partial charge in [-0.2, -0.15) is 27.9 Å². The Bertz CT molecular complexity index is 1470. The first-order chi connectivity index (χ1) is 19.4. The zero-order chi connectivity index (χ0) is 29.8. The Kier molecular flexibility index (Phi) is 8.61. The number of carbonyl (C=O) groups excluding carboxylic acids is 1. The maximum Gasteiger partial charge on any atom is 0.416 e. The van der Waals surface area contributed by atoms with E-state index in [1.54, 1.807) is 38.3 Å². The minimum atomic E-state index is -4.65. The number of halogens is 3. The van der Waals surface area contributed by atoms with E-state index in [1.165, 1.54) is 17.3 Å². The van der Waals surface area contributed by atoms with E-state index >= 15 is 0 Å². The number of aromatic nitrogens is 5. The van der Waals surface area contributed by atoms with Crippen molar-refractivity contribution in [1.82, 2.24) is 29.6 Å². The lowest BCUT2D eigenvalue weighted by molar-refractivity contribution is -0.137. The van der Waals surface area contributed by atoms with Gasteiger partial charge in [-0.05, 0) is 56.8 Å². The lowest BCUT2D eigenvalue weighted by Gasteiger charge is -2.39. The average molecular weight is 572 g/mol. The predicted molar refractivity (Wildman–Crippen MR) is 148 cm³/mol. The molecule has 1 aliphatic carbocycles. The number of primary amides is 1. The molecule has 0 bridgehead atoms. The van der Waals surface area contributed by atoms with Crippen molar-refractivity contribution in [3.8, 4) is 11.6 Å². The lowest BCUT2D eigenvalue weighted by Crippen LogP contribution is -2.41. The molecule has 1 aromatic carbocycles. The molecule has 3 aromatic rings. The highest BCUT2D eigenvalue weighted by molar-refractivity contribution is 5.93. The number of nitrogens with one attached hydrogen (secondary N) is 2. The minimum Gasteiger partial charge on any atom is -0.494 e. The topological polar surface area (TPSA) is 136 Å². The van der Waals surface area contributed by atoms with Crippen LogP contribution < -0.4 is 21.1 Å². The first-order valence-electron chi connectivity index (χ1n) is 12.8. The second-order valence-corrected chi connectivity index (χ2v) is 9.87. The second-order valence-electron chi connectivity index (χ2n) is 9.87. The van der Waals surface area contributed by atoms with E-state index in [0.717, 1.165) is 12.1 Å². The van der Waals surface area contributed by atoms with Gasteiger partial charge in [0.2, 0.25) is 11.9 Å². The van der Waals surface area contributed by atoms with Crippen LogP contribution in [0.4, 0.5) is 24.9 Å². The van der Waals surface area contributed by atoms with Crippen molar-refractivity contribution < 1.29 is 22.7 Å². The van der Waals surface area contributed by atoms with Crippen LogP contribution in [0.15, 0.2) is 60.2 Å². The number of anilines is 2. The van der Waals surface area contributed by atoms with E-state index in [-0.39, 0.29) is 35.9 Å².